The van der Waals surface area contributed by atoms with Crippen molar-refractivity contribution in [3.05, 3.63) is 31.6 Å². The summed E-state index contributed by atoms with van der Waals surface area (Å²) in [4.78, 5) is 27.2. The molecule has 1 saturated carbocycles. The Bertz CT molecular complexity index is 562. The van der Waals surface area contributed by atoms with Gasteiger partial charge in [-0.3, -0.25) is 14.3 Å². The van der Waals surface area contributed by atoms with Crippen LogP contribution in [0.2, 0.25) is 5.15 Å². The van der Waals surface area contributed by atoms with Crippen LogP contribution < -0.4 is 11.2 Å². The first-order chi connectivity index (χ1) is 9.10. The molecule has 0 aliphatic heterocycles. The highest BCUT2D eigenvalue weighted by Crippen LogP contribution is 2.34. The maximum Gasteiger partial charge on any atom is 0.329 e. The van der Waals surface area contributed by atoms with E-state index in [-0.39, 0.29) is 22.4 Å². The number of hydrogen-bond acceptors (Lipinski definition) is 2. The van der Waals surface area contributed by atoms with Crippen molar-refractivity contribution in [2.45, 2.75) is 58.4 Å². The normalized spacial score (nSPS) is 23.5. The zero-order valence-electron chi connectivity index (χ0n) is 11.5. The Morgan fingerprint density at radius 3 is 2.58 bits per heavy atom. The highest BCUT2D eigenvalue weighted by molar-refractivity contribution is 6.30. The third-order valence-electron chi connectivity index (χ3n) is 4.26. The molecule has 2 atom stereocenters. The minimum atomic E-state index is -0.363. The van der Waals surface area contributed by atoms with Gasteiger partial charge in [0.25, 0.3) is 5.56 Å². The van der Waals surface area contributed by atoms with Gasteiger partial charge >= 0.3 is 5.69 Å². The van der Waals surface area contributed by atoms with Crippen LogP contribution in [0, 0.1) is 5.92 Å². The van der Waals surface area contributed by atoms with Crippen LogP contribution in [0.3, 0.4) is 0 Å². The molecular weight excluding hydrogens is 264 g/mol. The second kappa shape index (κ2) is 5.95. The van der Waals surface area contributed by atoms with Crippen molar-refractivity contribution < 1.29 is 0 Å². The number of nitrogens with one attached hydrogen (secondary N) is 1. The van der Waals surface area contributed by atoms with Crippen molar-refractivity contribution in [2.75, 3.05) is 0 Å². The van der Waals surface area contributed by atoms with Gasteiger partial charge in [-0.1, -0.05) is 44.7 Å². The number of aromatic nitrogens is 2. The van der Waals surface area contributed by atoms with Gasteiger partial charge in [-0.2, -0.15) is 0 Å². The summed E-state index contributed by atoms with van der Waals surface area (Å²) >= 11 is 5.95. The largest absolute Gasteiger partial charge is 0.329 e. The number of H-pyrrole nitrogens is 1. The molecular formula is C14H21ClN2O2. The van der Waals surface area contributed by atoms with E-state index < -0.39 is 0 Å². The molecule has 0 bridgehead atoms. The third-order valence-corrected chi connectivity index (χ3v) is 4.58. The number of halogens is 1. The zero-order chi connectivity index (χ0) is 14.0. The van der Waals surface area contributed by atoms with E-state index in [1.807, 2.05) is 6.92 Å². The lowest BCUT2D eigenvalue weighted by Gasteiger charge is -2.31. The number of hydrogen-bond donors (Lipinski definition) is 1. The van der Waals surface area contributed by atoms with Crippen LogP contribution in [0.15, 0.2) is 9.59 Å². The lowest BCUT2D eigenvalue weighted by atomic mass is 9.82. The molecule has 1 aliphatic carbocycles. The maximum atomic E-state index is 12.5. The molecule has 0 saturated heterocycles. The van der Waals surface area contributed by atoms with Crippen LogP contribution in [-0.4, -0.2) is 9.55 Å². The van der Waals surface area contributed by atoms with Crippen LogP contribution in [0.1, 0.15) is 57.6 Å². The number of rotatable bonds is 3. The van der Waals surface area contributed by atoms with Gasteiger partial charge in [0.15, 0.2) is 0 Å². The van der Waals surface area contributed by atoms with Gasteiger partial charge in [0, 0.05) is 6.04 Å². The molecule has 1 aromatic rings. The maximum absolute atomic E-state index is 12.5. The van der Waals surface area contributed by atoms with E-state index in [9.17, 15) is 9.59 Å². The zero-order valence-corrected chi connectivity index (χ0v) is 12.3. The predicted octanol–water partition coefficient (Wildman–Crippen LogP) is 2.89. The van der Waals surface area contributed by atoms with Crippen LogP contribution in [0.4, 0.5) is 0 Å². The average molecular weight is 285 g/mol. The molecule has 2 rings (SSSR count). The Kier molecular flexibility index (Phi) is 4.50. The van der Waals surface area contributed by atoms with Gasteiger partial charge in [0.2, 0.25) is 0 Å². The van der Waals surface area contributed by atoms with E-state index in [4.69, 9.17) is 11.6 Å². The molecule has 0 radical (unpaired) electrons. The quantitative estimate of drug-likeness (QED) is 0.868. The molecule has 1 fully saturated rings. The number of nitrogens with zero attached hydrogens (tertiary/aromatic N) is 1. The predicted molar refractivity (Wildman–Crippen MR) is 77.0 cm³/mol. The molecule has 106 valence electrons. The van der Waals surface area contributed by atoms with Crippen molar-refractivity contribution >= 4 is 11.6 Å². The fourth-order valence-electron chi connectivity index (χ4n) is 3.17. The minimum Gasteiger partial charge on any atom is -0.297 e. The molecule has 1 heterocycles. The van der Waals surface area contributed by atoms with E-state index in [1.165, 1.54) is 11.0 Å². The summed E-state index contributed by atoms with van der Waals surface area (Å²) in [7, 11) is 0. The molecule has 19 heavy (non-hydrogen) atoms. The van der Waals surface area contributed by atoms with E-state index >= 15 is 0 Å². The van der Waals surface area contributed by atoms with Gasteiger partial charge in [0.1, 0.15) is 5.15 Å². The van der Waals surface area contributed by atoms with Crippen molar-refractivity contribution in [3.8, 4) is 0 Å². The molecule has 0 aromatic carbocycles. The van der Waals surface area contributed by atoms with E-state index in [1.54, 1.807) is 0 Å². The van der Waals surface area contributed by atoms with Crippen molar-refractivity contribution in [3.63, 3.8) is 0 Å². The monoisotopic (exact) mass is 284 g/mol. The first-order valence-corrected chi connectivity index (χ1v) is 7.51. The van der Waals surface area contributed by atoms with Gasteiger partial charge in [0.05, 0.1) is 5.56 Å². The molecule has 2 unspecified atom stereocenters. The van der Waals surface area contributed by atoms with Crippen molar-refractivity contribution in [2.24, 2.45) is 5.92 Å². The molecule has 5 heteroatoms. The second-order valence-corrected chi connectivity index (χ2v) is 5.65. The summed E-state index contributed by atoms with van der Waals surface area (Å²) < 4.78 is 1.41. The second-order valence-electron chi connectivity index (χ2n) is 5.27. The molecule has 0 amide bonds. The van der Waals surface area contributed by atoms with Gasteiger partial charge in [-0.05, 0) is 25.2 Å². The summed E-state index contributed by atoms with van der Waals surface area (Å²) in [5.41, 5.74) is -0.0548. The van der Waals surface area contributed by atoms with Gasteiger partial charge < -0.3 is 0 Å². The molecule has 1 aromatic heterocycles. The van der Waals surface area contributed by atoms with E-state index in [0.29, 0.717) is 17.9 Å². The molecule has 1 N–H and O–H groups in total. The molecule has 4 nitrogen and oxygen atoms in total. The summed E-state index contributed by atoms with van der Waals surface area (Å²) in [6.45, 7) is 4.00. The smallest absolute Gasteiger partial charge is 0.297 e. The first-order valence-electron chi connectivity index (χ1n) is 7.13. The topological polar surface area (TPSA) is 54.9 Å². The number of aromatic amines is 1. The van der Waals surface area contributed by atoms with E-state index in [0.717, 1.165) is 25.7 Å². The van der Waals surface area contributed by atoms with E-state index in [2.05, 4.69) is 11.9 Å². The van der Waals surface area contributed by atoms with Crippen molar-refractivity contribution in [1.29, 1.82) is 0 Å². The first kappa shape index (κ1) is 14.4. The molecule has 1 aliphatic rings. The Labute approximate surface area is 117 Å². The van der Waals surface area contributed by atoms with Gasteiger partial charge in [-0.15, -0.1) is 0 Å². The SMILES string of the molecule is CCc1c(Cl)[nH]c(=O)n(C2CCCCC2CC)c1=O. The fourth-order valence-corrected chi connectivity index (χ4v) is 3.47. The lowest BCUT2D eigenvalue weighted by Crippen LogP contribution is -2.43. The fraction of sp³-hybridized carbons (Fsp3) is 0.714. The Morgan fingerprint density at radius 2 is 1.95 bits per heavy atom. The Hall–Kier alpha value is -1.03. The highest BCUT2D eigenvalue weighted by Gasteiger charge is 2.28. The third kappa shape index (κ3) is 2.64. The van der Waals surface area contributed by atoms with Gasteiger partial charge in [-0.25, -0.2) is 4.79 Å². The average Bonchev–Trinajstić information content (AvgIpc) is 2.39. The Morgan fingerprint density at radius 1 is 1.26 bits per heavy atom. The van der Waals surface area contributed by atoms with Crippen molar-refractivity contribution in [1.82, 2.24) is 9.55 Å². The van der Waals surface area contributed by atoms with Crippen LogP contribution >= 0.6 is 11.6 Å². The summed E-state index contributed by atoms with van der Waals surface area (Å²) in [6, 6.07) is 0.0255. The standard InChI is InChI=1S/C14H21ClN2O2/c1-3-9-7-5-6-8-11(9)17-13(18)10(4-2)12(15)16-14(17)19/h9,11H,3-8H2,1-2H3,(H,16,19). The molecule has 0 spiro atoms. The van der Waals surface area contributed by atoms with Crippen LogP contribution in [0.5, 0.6) is 0 Å². The summed E-state index contributed by atoms with van der Waals surface area (Å²) in [5, 5.41) is 0.192. The Balaban J connectivity index is 2.55. The lowest BCUT2D eigenvalue weighted by molar-refractivity contribution is 0.221. The van der Waals surface area contributed by atoms with Crippen LogP contribution in [0.25, 0.3) is 0 Å². The highest BCUT2D eigenvalue weighted by atomic mass is 35.5. The minimum absolute atomic E-state index is 0.0255. The summed E-state index contributed by atoms with van der Waals surface area (Å²) in [5.74, 6) is 0.415. The summed E-state index contributed by atoms with van der Waals surface area (Å²) in [6.07, 6.45) is 5.81. The van der Waals surface area contributed by atoms with Crippen LogP contribution in [-0.2, 0) is 6.42 Å².